The van der Waals surface area contributed by atoms with Gasteiger partial charge in [0.1, 0.15) is 12.0 Å². The summed E-state index contributed by atoms with van der Waals surface area (Å²) >= 11 is 3.46. The van der Waals surface area contributed by atoms with Gasteiger partial charge in [0.2, 0.25) is 0 Å². The van der Waals surface area contributed by atoms with E-state index in [0.29, 0.717) is 17.8 Å². The van der Waals surface area contributed by atoms with Crippen molar-refractivity contribution in [3.8, 4) is 5.69 Å². The molecule has 1 atom stereocenters. The summed E-state index contributed by atoms with van der Waals surface area (Å²) in [6.45, 7) is 0.686. The number of hydrogen-bond donors (Lipinski definition) is 2. The standard InChI is InChI=1S/C14H12BrN5O2/c15-7-2-1-3-8-10(7)14(21)19-5-4-9(19)12-11(13(16)18-22)17-6-20(8)12/h1-3,6,9,22H,4-5H2,(H2,16,18)/t9-/m0/s1. The maximum absolute atomic E-state index is 12.8. The number of amides is 1. The van der Waals surface area contributed by atoms with Crippen LogP contribution >= 0.6 is 15.9 Å². The average Bonchev–Trinajstić information content (AvgIpc) is 2.86. The van der Waals surface area contributed by atoms with Gasteiger partial charge in [-0.2, -0.15) is 0 Å². The van der Waals surface area contributed by atoms with Crippen LogP contribution in [0, 0.1) is 0 Å². The number of amidine groups is 1. The van der Waals surface area contributed by atoms with Gasteiger partial charge in [0, 0.05) is 11.0 Å². The Hall–Kier alpha value is -2.35. The van der Waals surface area contributed by atoms with Crippen LogP contribution in [0.5, 0.6) is 0 Å². The van der Waals surface area contributed by atoms with Gasteiger partial charge >= 0.3 is 0 Å². The number of aromatic nitrogens is 2. The lowest BCUT2D eigenvalue weighted by Gasteiger charge is -2.39. The fourth-order valence-corrected chi connectivity index (χ4v) is 3.62. The van der Waals surface area contributed by atoms with Gasteiger partial charge in [0.15, 0.2) is 5.84 Å². The topological polar surface area (TPSA) is 96.7 Å². The van der Waals surface area contributed by atoms with Crippen LogP contribution in [0.3, 0.4) is 0 Å². The second kappa shape index (κ2) is 4.57. The van der Waals surface area contributed by atoms with Crippen LogP contribution in [-0.2, 0) is 0 Å². The summed E-state index contributed by atoms with van der Waals surface area (Å²) in [6.07, 6.45) is 2.44. The van der Waals surface area contributed by atoms with E-state index >= 15 is 0 Å². The molecule has 7 nitrogen and oxygen atoms in total. The molecule has 0 aliphatic carbocycles. The fourth-order valence-electron chi connectivity index (χ4n) is 3.10. The highest BCUT2D eigenvalue weighted by atomic mass is 79.9. The molecule has 1 fully saturated rings. The molecule has 0 spiro atoms. The highest BCUT2D eigenvalue weighted by Crippen LogP contribution is 2.42. The van der Waals surface area contributed by atoms with Crippen molar-refractivity contribution in [3.63, 3.8) is 0 Å². The lowest BCUT2D eigenvalue weighted by Crippen LogP contribution is -2.45. The first-order chi connectivity index (χ1) is 10.6. The average molecular weight is 362 g/mol. The fraction of sp³-hybridized carbons (Fsp3) is 0.214. The molecule has 22 heavy (non-hydrogen) atoms. The number of nitrogens with zero attached hydrogens (tertiary/aromatic N) is 4. The Kier molecular flexibility index (Phi) is 2.77. The lowest BCUT2D eigenvalue weighted by atomic mass is 9.97. The van der Waals surface area contributed by atoms with Crippen molar-refractivity contribution in [1.82, 2.24) is 14.5 Å². The minimum Gasteiger partial charge on any atom is -0.409 e. The second-order valence-electron chi connectivity index (χ2n) is 5.27. The van der Waals surface area contributed by atoms with Gasteiger partial charge in [-0.1, -0.05) is 11.2 Å². The number of imidazole rings is 1. The highest BCUT2D eigenvalue weighted by Gasteiger charge is 2.42. The number of benzene rings is 1. The summed E-state index contributed by atoms with van der Waals surface area (Å²) in [5.41, 5.74) is 8.29. The summed E-state index contributed by atoms with van der Waals surface area (Å²) in [7, 11) is 0. The number of nitrogens with two attached hydrogens (primary N) is 1. The van der Waals surface area contributed by atoms with E-state index < -0.39 is 0 Å². The molecule has 1 aromatic heterocycles. The predicted octanol–water partition coefficient (Wildman–Crippen LogP) is 1.63. The molecule has 0 unspecified atom stereocenters. The van der Waals surface area contributed by atoms with E-state index in [1.54, 1.807) is 11.2 Å². The molecule has 2 aliphatic heterocycles. The van der Waals surface area contributed by atoms with Gasteiger partial charge in [0.05, 0.1) is 23.0 Å². The van der Waals surface area contributed by atoms with Crippen LogP contribution in [0.2, 0.25) is 0 Å². The van der Waals surface area contributed by atoms with Gasteiger partial charge in [-0.3, -0.25) is 9.36 Å². The van der Waals surface area contributed by atoms with Gasteiger partial charge in [-0.05, 0) is 34.5 Å². The number of oxime groups is 1. The Morgan fingerprint density at radius 3 is 3.00 bits per heavy atom. The number of halogens is 1. The van der Waals surface area contributed by atoms with Gasteiger partial charge in [-0.25, -0.2) is 4.98 Å². The van der Waals surface area contributed by atoms with Crippen molar-refractivity contribution in [1.29, 1.82) is 0 Å². The number of hydrogen-bond acceptors (Lipinski definition) is 4. The Bertz CT molecular complexity index is 829. The van der Waals surface area contributed by atoms with E-state index in [1.165, 1.54) is 0 Å². The van der Waals surface area contributed by atoms with Crippen molar-refractivity contribution in [2.75, 3.05) is 6.54 Å². The quantitative estimate of drug-likeness (QED) is 0.349. The number of fused-ring (bicyclic) bond motifs is 5. The molecule has 1 amide bonds. The van der Waals surface area contributed by atoms with Crippen molar-refractivity contribution >= 4 is 27.7 Å². The molecule has 0 saturated carbocycles. The number of rotatable bonds is 1. The van der Waals surface area contributed by atoms with Crippen molar-refractivity contribution < 1.29 is 10.0 Å². The summed E-state index contributed by atoms with van der Waals surface area (Å²) in [5.74, 6) is -0.0700. The summed E-state index contributed by atoms with van der Waals surface area (Å²) in [4.78, 5) is 18.9. The van der Waals surface area contributed by atoms with Gasteiger partial charge in [0.25, 0.3) is 5.91 Å². The summed E-state index contributed by atoms with van der Waals surface area (Å²) < 4.78 is 2.60. The zero-order chi connectivity index (χ0) is 15.4. The maximum Gasteiger partial charge on any atom is 0.257 e. The van der Waals surface area contributed by atoms with E-state index in [9.17, 15) is 4.79 Å². The second-order valence-corrected chi connectivity index (χ2v) is 6.12. The Labute approximate surface area is 134 Å². The third-order valence-corrected chi connectivity index (χ3v) is 4.88. The molecular weight excluding hydrogens is 350 g/mol. The van der Waals surface area contributed by atoms with Gasteiger partial charge in [-0.15, -0.1) is 0 Å². The number of carbonyl (C=O) groups excluding carboxylic acids is 1. The smallest absolute Gasteiger partial charge is 0.257 e. The van der Waals surface area contributed by atoms with Crippen LogP contribution in [0.1, 0.15) is 34.2 Å². The molecule has 1 saturated heterocycles. The van der Waals surface area contributed by atoms with E-state index in [0.717, 1.165) is 22.3 Å². The Balaban J connectivity index is 2.05. The SMILES string of the molecule is NC(=NO)c1ncn2c1[C@@H]1CCN1C(=O)c1c(Br)cccc1-2. The Morgan fingerprint density at radius 2 is 2.32 bits per heavy atom. The van der Waals surface area contributed by atoms with Crippen molar-refractivity contribution in [3.05, 3.63) is 46.0 Å². The minimum atomic E-state index is -0.107. The zero-order valence-electron chi connectivity index (χ0n) is 11.4. The first-order valence-electron chi connectivity index (χ1n) is 6.78. The molecule has 0 bridgehead atoms. The molecule has 1 aromatic carbocycles. The third kappa shape index (κ3) is 1.58. The molecule has 2 aromatic rings. The van der Waals surface area contributed by atoms with Crippen LogP contribution < -0.4 is 5.73 Å². The molecule has 0 radical (unpaired) electrons. The van der Waals surface area contributed by atoms with Crippen LogP contribution in [0.15, 0.2) is 34.2 Å². The van der Waals surface area contributed by atoms with Crippen LogP contribution in [-0.4, -0.2) is 37.9 Å². The molecule has 8 heteroatoms. The van der Waals surface area contributed by atoms with E-state index in [1.807, 2.05) is 22.8 Å². The third-order valence-electron chi connectivity index (χ3n) is 4.22. The minimum absolute atomic E-state index is 0.0205. The largest absolute Gasteiger partial charge is 0.409 e. The van der Waals surface area contributed by atoms with Gasteiger partial charge < -0.3 is 15.8 Å². The van der Waals surface area contributed by atoms with E-state index in [-0.39, 0.29) is 17.8 Å². The predicted molar refractivity (Wildman–Crippen MR) is 82.2 cm³/mol. The molecular formula is C14H12BrN5O2. The monoisotopic (exact) mass is 361 g/mol. The zero-order valence-corrected chi connectivity index (χ0v) is 13.0. The lowest BCUT2D eigenvalue weighted by molar-refractivity contribution is 0.0459. The summed E-state index contributed by atoms with van der Waals surface area (Å²) in [5, 5.41) is 12.0. The molecule has 4 rings (SSSR count). The first-order valence-corrected chi connectivity index (χ1v) is 7.57. The maximum atomic E-state index is 12.8. The highest BCUT2D eigenvalue weighted by molar-refractivity contribution is 9.10. The molecule has 3 heterocycles. The molecule has 2 aliphatic rings. The molecule has 112 valence electrons. The van der Waals surface area contributed by atoms with Crippen LogP contribution in [0.4, 0.5) is 0 Å². The van der Waals surface area contributed by atoms with Crippen LogP contribution in [0.25, 0.3) is 5.69 Å². The summed E-state index contributed by atoms with van der Waals surface area (Å²) in [6, 6.07) is 5.47. The number of carbonyl (C=O) groups is 1. The van der Waals surface area contributed by atoms with E-state index in [2.05, 4.69) is 26.1 Å². The molecule has 3 N–H and O–H groups in total. The normalized spacial score (nSPS) is 19.9. The van der Waals surface area contributed by atoms with Crippen molar-refractivity contribution in [2.24, 2.45) is 10.9 Å². The van der Waals surface area contributed by atoms with Crippen molar-refractivity contribution in [2.45, 2.75) is 12.5 Å². The van der Waals surface area contributed by atoms with E-state index in [4.69, 9.17) is 10.9 Å². The first kappa shape index (κ1) is 13.3. The Morgan fingerprint density at radius 1 is 1.50 bits per heavy atom.